The number of halogens is 2. The summed E-state index contributed by atoms with van der Waals surface area (Å²) in [5.41, 5.74) is 9.92. The average Bonchev–Trinajstić information content (AvgIpc) is 3.61. The lowest BCUT2D eigenvalue weighted by molar-refractivity contribution is -0.122. The van der Waals surface area contributed by atoms with E-state index in [2.05, 4.69) is 28.0 Å². The molecule has 1 saturated heterocycles. The number of hydrogen-bond acceptors (Lipinski definition) is 5. The number of benzene rings is 2. The number of aryl methyl sites for hydroxylation is 1. The second kappa shape index (κ2) is 11.3. The van der Waals surface area contributed by atoms with Gasteiger partial charge in [-0.1, -0.05) is 41.8 Å². The molecular weight excluding hydrogens is 499 g/mol. The fourth-order valence-electron chi connectivity index (χ4n) is 5.22. The first-order valence-electron chi connectivity index (χ1n) is 12.7. The Morgan fingerprint density at radius 2 is 1.74 bits per heavy atom. The molecule has 0 bridgehead atoms. The molecule has 188 valence electrons. The number of rotatable bonds is 9. The zero-order valence-electron chi connectivity index (χ0n) is 20.1. The lowest BCUT2D eigenvalue weighted by Gasteiger charge is -2.39. The lowest BCUT2D eigenvalue weighted by Crippen LogP contribution is -2.52. The summed E-state index contributed by atoms with van der Waals surface area (Å²) in [5, 5.41) is 1.49. The van der Waals surface area contributed by atoms with Crippen molar-refractivity contribution in [3.63, 3.8) is 0 Å². The molecule has 0 spiro atoms. The van der Waals surface area contributed by atoms with Gasteiger partial charge in [0.2, 0.25) is 5.91 Å². The molecule has 2 aromatic rings. The zero-order chi connectivity index (χ0) is 24.4. The summed E-state index contributed by atoms with van der Waals surface area (Å²) in [5.74, 6) is 1.81. The van der Waals surface area contributed by atoms with Gasteiger partial charge < -0.3 is 15.5 Å². The quantitative estimate of drug-likeness (QED) is 0.428. The standard InChI is InChI=1S/C27H34Cl2N4OS/c28-22-15-20(23(29)14-19(22)6-2-1-5-11-30)16-31-18-35-17-26(31)27(34)33-13-12-32(21-9-10-21)24-7-3-4-8-25(24)33/h3-4,7-8,14-15,21,26H,1-2,5-6,9-13,16-18,30H2/t26-/m0/s1. The maximum absolute atomic E-state index is 13.8. The maximum atomic E-state index is 13.8. The van der Waals surface area contributed by atoms with Crippen LogP contribution >= 0.6 is 35.0 Å². The first-order valence-corrected chi connectivity index (χ1v) is 14.6. The van der Waals surface area contributed by atoms with Gasteiger partial charge in [-0.25, -0.2) is 0 Å². The summed E-state index contributed by atoms with van der Waals surface area (Å²) in [6.07, 6.45) is 6.61. The molecule has 1 atom stereocenters. The molecule has 5 rings (SSSR count). The smallest absolute Gasteiger partial charge is 0.245 e. The van der Waals surface area contributed by atoms with Crippen LogP contribution in [0.25, 0.3) is 0 Å². The summed E-state index contributed by atoms with van der Waals surface area (Å²) in [6.45, 7) is 3.00. The molecule has 2 aliphatic heterocycles. The van der Waals surface area contributed by atoms with Crippen LogP contribution in [-0.4, -0.2) is 54.2 Å². The van der Waals surface area contributed by atoms with Gasteiger partial charge in [-0.2, -0.15) is 0 Å². The van der Waals surface area contributed by atoms with E-state index in [1.807, 2.05) is 34.9 Å². The zero-order valence-corrected chi connectivity index (χ0v) is 22.4. The number of nitrogens with two attached hydrogens (primary N) is 1. The summed E-state index contributed by atoms with van der Waals surface area (Å²) in [7, 11) is 0. The Morgan fingerprint density at radius 1 is 1.00 bits per heavy atom. The average molecular weight is 534 g/mol. The van der Waals surface area contributed by atoms with Crippen LogP contribution in [0.5, 0.6) is 0 Å². The van der Waals surface area contributed by atoms with E-state index in [4.69, 9.17) is 28.9 Å². The molecule has 1 amide bonds. The van der Waals surface area contributed by atoms with Crippen LogP contribution in [0.15, 0.2) is 36.4 Å². The largest absolute Gasteiger partial charge is 0.365 e. The van der Waals surface area contributed by atoms with Gasteiger partial charge in [0, 0.05) is 47.4 Å². The molecule has 0 unspecified atom stereocenters. The number of nitrogens with zero attached hydrogens (tertiary/aromatic N) is 3. The molecule has 2 N–H and O–H groups in total. The van der Waals surface area contributed by atoms with Gasteiger partial charge in [-0.05, 0) is 74.0 Å². The molecule has 1 saturated carbocycles. The topological polar surface area (TPSA) is 52.8 Å². The fraction of sp³-hybridized carbons (Fsp3) is 0.519. The molecule has 5 nitrogen and oxygen atoms in total. The highest BCUT2D eigenvalue weighted by Gasteiger charge is 2.39. The summed E-state index contributed by atoms with van der Waals surface area (Å²) in [6, 6.07) is 12.9. The third kappa shape index (κ3) is 5.62. The summed E-state index contributed by atoms with van der Waals surface area (Å²) < 4.78 is 0. The Kier molecular flexibility index (Phi) is 8.15. The van der Waals surface area contributed by atoms with Crippen molar-refractivity contribution in [2.24, 2.45) is 5.73 Å². The third-order valence-electron chi connectivity index (χ3n) is 7.30. The van der Waals surface area contributed by atoms with E-state index in [1.165, 1.54) is 18.5 Å². The normalized spacial score (nSPS) is 20.4. The van der Waals surface area contributed by atoms with Crippen molar-refractivity contribution in [2.45, 2.75) is 57.2 Å². The number of unbranched alkanes of at least 4 members (excludes halogenated alkanes) is 2. The Labute approximate surface area is 222 Å². The van der Waals surface area contributed by atoms with E-state index in [9.17, 15) is 4.79 Å². The Balaban J connectivity index is 1.29. The highest BCUT2D eigenvalue weighted by molar-refractivity contribution is 7.99. The lowest BCUT2D eigenvalue weighted by atomic mass is 10.0. The van der Waals surface area contributed by atoms with E-state index in [-0.39, 0.29) is 11.9 Å². The van der Waals surface area contributed by atoms with Crippen molar-refractivity contribution in [3.05, 3.63) is 57.6 Å². The molecule has 2 heterocycles. The molecule has 3 aliphatic rings. The summed E-state index contributed by atoms with van der Waals surface area (Å²) >= 11 is 15.1. The number of anilines is 2. The molecule has 0 radical (unpaired) electrons. The Hall–Kier alpha value is -1.44. The van der Waals surface area contributed by atoms with Gasteiger partial charge in [0.25, 0.3) is 0 Å². The van der Waals surface area contributed by atoms with Crippen LogP contribution in [0.4, 0.5) is 11.4 Å². The molecule has 8 heteroatoms. The number of carbonyl (C=O) groups is 1. The number of hydrogen-bond donors (Lipinski definition) is 1. The highest BCUT2D eigenvalue weighted by atomic mass is 35.5. The van der Waals surface area contributed by atoms with Crippen molar-refractivity contribution in [3.8, 4) is 0 Å². The van der Waals surface area contributed by atoms with Gasteiger partial charge in [0.05, 0.1) is 17.4 Å². The number of carbonyl (C=O) groups excluding carboxylic acids is 1. The number of para-hydroxylation sites is 2. The van der Waals surface area contributed by atoms with Gasteiger partial charge >= 0.3 is 0 Å². The second-order valence-electron chi connectivity index (χ2n) is 9.80. The van der Waals surface area contributed by atoms with E-state index >= 15 is 0 Å². The van der Waals surface area contributed by atoms with Crippen molar-refractivity contribution >= 4 is 52.2 Å². The Morgan fingerprint density at radius 3 is 2.51 bits per heavy atom. The first-order chi connectivity index (χ1) is 17.1. The van der Waals surface area contributed by atoms with Gasteiger partial charge in [-0.15, -0.1) is 11.8 Å². The molecule has 0 aromatic heterocycles. The van der Waals surface area contributed by atoms with Crippen LogP contribution in [0.3, 0.4) is 0 Å². The van der Waals surface area contributed by atoms with Crippen molar-refractivity contribution < 1.29 is 4.79 Å². The van der Waals surface area contributed by atoms with Gasteiger partial charge in [0.15, 0.2) is 0 Å². The van der Waals surface area contributed by atoms with Crippen LogP contribution in [0.2, 0.25) is 10.0 Å². The minimum absolute atomic E-state index is 0.161. The highest BCUT2D eigenvalue weighted by Crippen LogP contribution is 2.41. The Bertz CT molecular complexity index is 1060. The number of fused-ring (bicyclic) bond motifs is 1. The van der Waals surface area contributed by atoms with Gasteiger partial charge in [0.1, 0.15) is 0 Å². The van der Waals surface area contributed by atoms with Crippen LogP contribution in [-0.2, 0) is 17.8 Å². The van der Waals surface area contributed by atoms with Crippen LogP contribution in [0.1, 0.15) is 43.2 Å². The number of thioether (sulfide) groups is 1. The SMILES string of the molecule is NCCCCCc1cc(Cl)c(CN2CSC[C@H]2C(=O)N2CCN(C3CC3)c3ccccc32)cc1Cl. The maximum Gasteiger partial charge on any atom is 0.245 e. The van der Waals surface area contributed by atoms with E-state index in [0.29, 0.717) is 12.6 Å². The second-order valence-corrected chi connectivity index (χ2v) is 11.6. The molecule has 2 fully saturated rings. The molecular formula is C27H34Cl2N4OS. The predicted octanol–water partition coefficient (Wildman–Crippen LogP) is 5.56. The van der Waals surface area contributed by atoms with Gasteiger partial charge in [-0.3, -0.25) is 9.69 Å². The first kappa shape index (κ1) is 25.2. The minimum atomic E-state index is -0.161. The third-order valence-corrected chi connectivity index (χ3v) is 9.07. The predicted molar refractivity (Wildman–Crippen MR) is 149 cm³/mol. The molecule has 35 heavy (non-hydrogen) atoms. The van der Waals surface area contributed by atoms with Crippen molar-refractivity contribution in [2.75, 3.05) is 41.1 Å². The monoisotopic (exact) mass is 532 g/mol. The number of amides is 1. The minimum Gasteiger partial charge on any atom is -0.365 e. The fourth-order valence-corrected chi connectivity index (χ4v) is 6.93. The molecule has 1 aliphatic carbocycles. The van der Waals surface area contributed by atoms with E-state index in [0.717, 1.165) is 83.8 Å². The summed E-state index contributed by atoms with van der Waals surface area (Å²) in [4.78, 5) is 20.6. The van der Waals surface area contributed by atoms with E-state index in [1.54, 1.807) is 0 Å². The molecule has 2 aromatic carbocycles. The van der Waals surface area contributed by atoms with Crippen LogP contribution < -0.4 is 15.5 Å². The van der Waals surface area contributed by atoms with E-state index < -0.39 is 0 Å². The van der Waals surface area contributed by atoms with Crippen molar-refractivity contribution in [1.29, 1.82) is 0 Å². The van der Waals surface area contributed by atoms with Crippen molar-refractivity contribution in [1.82, 2.24) is 4.90 Å². The van der Waals surface area contributed by atoms with Crippen LogP contribution in [0, 0.1) is 0 Å².